The Kier molecular flexibility index (Phi) is 5.79. The van der Waals surface area contributed by atoms with Gasteiger partial charge in [0, 0.05) is 0 Å². The number of rotatable bonds is 4. The summed E-state index contributed by atoms with van der Waals surface area (Å²) in [4.78, 5) is 0. The quantitative estimate of drug-likeness (QED) is 0.746. The molecule has 8 heteroatoms. The van der Waals surface area contributed by atoms with E-state index in [1.807, 2.05) is 34.6 Å². The smallest absolute Gasteiger partial charge is 0.190 e. The Bertz CT molecular complexity index is 593. The topological polar surface area (TPSA) is 84.8 Å². The fourth-order valence-electron chi connectivity index (χ4n) is 4.90. The molecule has 4 unspecified atom stereocenters. The summed E-state index contributed by atoms with van der Waals surface area (Å²) in [6.45, 7) is 13.9. The maximum absolute atomic E-state index is 10.6. The van der Waals surface area contributed by atoms with E-state index in [2.05, 4.69) is 13.8 Å². The lowest BCUT2D eigenvalue weighted by Crippen LogP contribution is -2.57. The van der Waals surface area contributed by atoms with E-state index >= 15 is 0 Å². The predicted octanol–water partition coefficient (Wildman–Crippen LogP) is 2.17. The molecule has 0 spiro atoms. The van der Waals surface area contributed by atoms with Crippen molar-refractivity contribution in [2.45, 2.75) is 116 Å². The lowest BCUT2D eigenvalue weighted by Gasteiger charge is -2.43. The molecule has 0 aromatic carbocycles. The van der Waals surface area contributed by atoms with Crippen LogP contribution in [-0.4, -0.2) is 72.5 Å². The Morgan fingerprint density at radius 2 is 1.41 bits per heavy atom. The summed E-state index contributed by atoms with van der Waals surface area (Å²) in [7, 11) is 0. The summed E-state index contributed by atoms with van der Waals surface area (Å²) in [6, 6.07) is 0. The van der Waals surface area contributed by atoms with Gasteiger partial charge in [-0.3, -0.25) is 0 Å². The number of aliphatic hydroxyl groups is 1. The third-order valence-electron chi connectivity index (χ3n) is 6.62. The van der Waals surface area contributed by atoms with Gasteiger partial charge < -0.3 is 38.3 Å². The minimum Gasteiger partial charge on any atom is -0.388 e. The first-order chi connectivity index (χ1) is 13.5. The standard InChI is InChI=1S/C21H36O8/c1-8-12-10(2)11(3)14(22)18(24-12)23-9-13-15-16(27-20(4,5)26-15)17-19(25-13)29-21(6,7)28-17/h10-19,22H,8-9H2,1-7H3/t10-,11-,12?,13?,14?,15-,16-,17?,18+,19+/m0/s1. The normalized spacial score (nSPS) is 50.9. The first-order valence-electron chi connectivity index (χ1n) is 10.8. The monoisotopic (exact) mass is 416 g/mol. The molecule has 29 heavy (non-hydrogen) atoms. The van der Waals surface area contributed by atoms with Gasteiger partial charge in [0.2, 0.25) is 0 Å². The summed E-state index contributed by atoms with van der Waals surface area (Å²) in [5.41, 5.74) is 0. The maximum atomic E-state index is 10.6. The van der Waals surface area contributed by atoms with E-state index in [0.717, 1.165) is 6.42 Å². The Balaban J connectivity index is 1.45. The molecule has 0 bridgehead atoms. The van der Waals surface area contributed by atoms with E-state index in [0.29, 0.717) is 0 Å². The first-order valence-corrected chi connectivity index (χ1v) is 10.8. The lowest BCUT2D eigenvalue weighted by molar-refractivity contribution is -0.295. The molecule has 4 rings (SSSR count). The van der Waals surface area contributed by atoms with Crippen molar-refractivity contribution >= 4 is 0 Å². The van der Waals surface area contributed by atoms with Crippen LogP contribution in [0.5, 0.6) is 0 Å². The summed E-state index contributed by atoms with van der Waals surface area (Å²) >= 11 is 0. The third-order valence-corrected chi connectivity index (χ3v) is 6.62. The molecule has 0 radical (unpaired) electrons. The van der Waals surface area contributed by atoms with Crippen LogP contribution in [0.4, 0.5) is 0 Å². The van der Waals surface area contributed by atoms with Gasteiger partial charge in [0.05, 0.1) is 12.7 Å². The van der Waals surface area contributed by atoms with Gasteiger partial charge in [-0.05, 0) is 46.0 Å². The van der Waals surface area contributed by atoms with Gasteiger partial charge in [0.15, 0.2) is 24.2 Å². The molecule has 0 aromatic heterocycles. The second-order valence-electron chi connectivity index (χ2n) is 9.70. The van der Waals surface area contributed by atoms with Crippen LogP contribution >= 0.6 is 0 Å². The van der Waals surface area contributed by atoms with E-state index in [9.17, 15) is 5.11 Å². The lowest BCUT2D eigenvalue weighted by atomic mass is 9.82. The van der Waals surface area contributed by atoms with Crippen LogP contribution in [0, 0.1) is 11.8 Å². The number of hydrogen-bond acceptors (Lipinski definition) is 8. The predicted molar refractivity (Wildman–Crippen MR) is 102 cm³/mol. The Labute approximate surface area is 173 Å². The molecule has 1 N–H and O–H groups in total. The molecule has 0 amide bonds. The summed E-state index contributed by atoms with van der Waals surface area (Å²) < 4.78 is 42.4. The van der Waals surface area contributed by atoms with Crippen molar-refractivity contribution < 1.29 is 38.3 Å². The molecule has 0 saturated carbocycles. The molecular weight excluding hydrogens is 380 g/mol. The zero-order chi connectivity index (χ0) is 21.1. The van der Waals surface area contributed by atoms with Crippen LogP contribution in [0.3, 0.4) is 0 Å². The molecule has 4 aliphatic heterocycles. The van der Waals surface area contributed by atoms with Crippen molar-refractivity contribution in [3.8, 4) is 0 Å². The third kappa shape index (κ3) is 4.11. The van der Waals surface area contributed by atoms with E-state index in [-0.39, 0.29) is 42.9 Å². The average Bonchev–Trinajstić information content (AvgIpc) is 3.13. The van der Waals surface area contributed by atoms with Crippen LogP contribution in [-0.2, 0) is 33.2 Å². The molecular formula is C21H36O8. The molecule has 4 saturated heterocycles. The van der Waals surface area contributed by atoms with Crippen molar-refractivity contribution in [1.82, 2.24) is 0 Å². The van der Waals surface area contributed by atoms with E-state index in [1.54, 1.807) is 0 Å². The van der Waals surface area contributed by atoms with Crippen LogP contribution < -0.4 is 0 Å². The second kappa shape index (κ2) is 7.67. The van der Waals surface area contributed by atoms with Crippen LogP contribution in [0.25, 0.3) is 0 Å². The second-order valence-corrected chi connectivity index (χ2v) is 9.70. The van der Waals surface area contributed by atoms with Gasteiger partial charge in [-0.1, -0.05) is 20.8 Å². The highest BCUT2D eigenvalue weighted by atomic mass is 16.9. The van der Waals surface area contributed by atoms with Crippen molar-refractivity contribution in [2.24, 2.45) is 11.8 Å². The number of fused-ring (bicyclic) bond motifs is 3. The molecule has 8 nitrogen and oxygen atoms in total. The highest BCUT2D eigenvalue weighted by Gasteiger charge is 2.60. The van der Waals surface area contributed by atoms with Gasteiger partial charge in [-0.25, -0.2) is 0 Å². The zero-order valence-corrected chi connectivity index (χ0v) is 18.5. The van der Waals surface area contributed by atoms with Crippen molar-refractivity contribution in [1.29, 1.82) is 0 Å². The molecule has 0 aromatic rings. The summed E-state index contributed by atoms with van der Waals surface area (Å²) in [6.07, 6.45) is -2.49. The average molecular weight is 417 g/mol. The fraction of sp³-hybridized carbons (Fsp3) is 1.00. The fourth-order valence-corrected chi connectivity index (χ4v) is 4.90. The largest absolute Gasteiger partial charge is 0.388 e. The van der Waals surface area contributed by atoms with Crippen molar-refractivity contribution in [3.63, 3.8) is 0 Å². The molecule has 0 aliphatic carbocycles. The van der Waals surface area contributed by atoms with Gasteiger partial charge >= 0.3 is 0 Å². The Morgan fingerprint density at radius 3 is 2.10 bits per heavy atom. The van der Waals surface area contributed by atoms with Crippen LogP contribution in [0.2, 0.25) is 0 Å². The number of aliphatic hydroxyl groups excluding tert-OH is 1. The zero-order valence-electron chi connectivity index (χ0n) is 18.5. The molecule has 4 fully saturated rings. The summed E-state index contributed by atoms with van der Waals surface area (Å²) in [5.74, 6) is -1.15. The van der Waals surface area contributed by atoms with Crippen molar-refractivity contribution in [2.75, 3.05) is 6.61 Å². The Morgan fingerprint density at radius 1 is 0.793 bits per heavy atom. The number of hydrogen-bond donors (Lipinski definition) is 1. The maximum Gasteiger partial charge on any atom is 0.190 e. The number of ether oxygens (including phenoxy) is 7. The van der Waals surface area contributed by atoms with E-state index < -0.39 is 36.4 Å². The molecule has 4 heterocycles. The minimum atomic E-state index is -0.756. The van der Waals surface area contributed by atoms with E-state index in [1.165, 1.54) is 0 Å². The molecule has 4 aliphatic rings. The van der Waals surface area contributed by atoms with Crippen LogP contribution in [0.15, 0.2) is 0 Å². The molecule has 168 valence electrons. The highest BCUT2D eigenvalue weighted by Crippen LogP contribution is 2.44. The van der Waals surface area contributed by atoms with Crippen molar-refractivity contribution in [3.05, 3.63) is 0 Å². The van der Waals surface area contributed by atoms with Gasteiger partial charge in [0.1, 0.15) is 30.5 Å². The van der Waals surface area contributed by atoms with E-state index in [4.69, 9.17) is 33.2 Å². The van der Waals surface area contributed by atoms with Gasteiger partial charge in [-0.15, -0.1) is 0 Å². The SMILES string of the molecule is CCC1O[C@@H](OCC2O[C@@H]3OC(C)(C)OC3[C@H]3OC(C)(C)O[C@@H]23)C(O)[C@@H](C)[C@@H]1C. The van der Waals surface area contributed by atoms with Gasteiger partial charge in [0.25, 0.3) is 0 Å². The summed E-state index contributed by atoms with van der Waals surface area (Å²) in [5, 5.41) is 10.6. The first kappa shape index (κ1) is 21.9. The Hall–Kier alpha value is -0.320. The minimum absolute atomic E-state index is 0.0557. The highest BCUT2D eigenvalue weighted by molar-refractivity contribution is 5.00. The molecule has 10 atom stereocenters. The van der Waals surface area contributed by atoms with Gasteiger partial charge in [-0.2, -0.15) is 0 Å². The van der Waals surface area contributed by atoms with Crippen LogP contribution in [0.1, 0.15) is 54.9 Å².